The summed E-state index contributed by atoms with van der Waals surface area (Å²) >= 11 is 0. The summed E-state index contributed by atoms with van der Waals surface area (Å²) in [6.45, 7) is 1.42. The van der Waals surface area contributed by atoms with Crippen molar-refractivity contribution in [2.75, 3.05) is 11.9 Å². The van der Waals surface area contributed by atoms with Crippen LogP contribution < -0.4 is 10.1 Å². The first kappa shape index (κ1) is 11.5. The summed E-state index contributed by atoms with van der Waals surface area (Å²) in [7, 11) is 0. The molecule has 0 saturated carbocycles. The minimum Gasteiger partial charge on any atom is -0.433 e. The van der Waals surface area contributed by atoms with E-state index >= 15 is 0 Å². The molecule has 1 aromatic carbocycles. The van der Waals surface area contributed by atoms with Crippen LogP contribution >= 0.6 is 0 Å². The molecule has 0 amide bonds. The van der Waals surface area contributed by atoms with E-state index in [1.807, 2.05) is 0 Å². The van der Waals surface area contributed by atoms with E-state index in [1.54, 1.807) is 24.3 Å². The van der Waals surface area contributed by atoms with Crippen LogP contribution in [0.25, 0.3) is 0 Å². The van der Waals surface area contributed by atoms with E-state index in [0.29, 0.717) is 12.2 Å². The summed E-state index contributed by atoms with van der Waals surface area (Å²) in [5.41, 5.74) is 0.569. The minimum atomic E-state index is -2.80. The number of nitrogens with one attached hydrogen (secondary N) is 1. The first-order valence-electron chi connectivity index (χ1n) is 4.62. The number of halogens is 2. The molecule has 1 N–H and O–H groups in total. The molecule has 0 aliphatic heterocycles. The van der Waals surface area contributed by atoms with E-state index in [-0.39, 0.29) is 5.75 Å². The summed E-state index contributed by atoms with van der Waals surface area (Å²) in [5, 5.41) is 2.99. The number of hydrogen-bond donors (Lipinski definition) is 1. The van der Waals surface area contributed by atoms with Gasteiger partial charge in [-0.3, -0.25) is 0 Å². The first-order chi connectivity index (χ1) is 7.24. The van der Waals surface area contributed by atoms with Gasteiger partial charge < -0.3 is 10.1 Å². The largest absolute Gasteiger partial charge is 0.433 e. The number of alkyl halides is 2. The first-order valence-corrected chi connectivity index (χ1v) is 4.62. The summed E-state index contributed by atoms with van der Waals surface area (Å²) in [5.74, 6) is 0.163. The molecule has 1 aromatic rings. The Labute approximate surface area is 87.6 Å². The average molecular weight is 213 g/mol. The quantitative estimate of drug-likeness (QED) is 0.578. The van der Waals surface area contributed by atoms with Crippen LogP contribution in [0.1, 0.15) is 6.42 Å². The van der Waals surface area contributed by atoms with E-state index in [1.165, 1.54) is 6.07 Å². The number of benzene rings is 1. The SMILES string of the molecule is C=CCCNc1ccccc1OC(F)F. The van der Waals surface area contributed by atoms with Crippen LogP contribution in [-0.2, 0) is 0 Å². The monoisotopic (exact) mass is 213 g/mol. The van der Waals surface area contributed by atoms with Gasteiger partial charge in [-0.25, -0.2) is 0 Å². The fraction of sp³-hybridized carbons (Fsp3) is 0.273. The number of ether oxygens (including phenoxy) is 1. The fourth-order valence-electron chi connectivity index (χ4n) is 1.12. The average Bonchev–Trinajstić information content (AvgIpc) is 2.20. The molecule has 0 unspecified atom stereocenters. The Balaban J connectivity index is 2.63. The van der Waals surface area contributed by atoms with Crippen LogP contribution in [0, 0.1) is 0 Å². The second-order valence-corrected chi connectivity index (χ2v) is 2.88. The van der Waals surface area contributed by atoms with Gasteiger partial charge in [0.15, 0.2) is 0 Å². The van der Waals surface area contributed by atoms with Crippen LogP contribution in [-0.4, -0.2) is 13.2 Å². The van der Waals surface area contributed by atoms with Gasteiger partial charge in [-0.05, 0) is 18.6 Å². The molecule has 0 aliphatic rings. The second-order valence-electron chi connectivity index (χ2n) is 2.88. The highest BCUT2D eigenvalue weighted by molar-refractivity contribution is 5.56. The van der Waals surface area contributed by atoms with Crippen molar-refractivity contribution in [2.45, 2.75) is 13.0 Å². The zero-order chi connectivity index (χ0) is 11.1. The number of hydrogen-bond acceptors (Lipinski definition) is 2. The van der Waals surface area contributed by atoms with Crippen molar-refractivity contribution in [1.29, 1.82) is 0 Å². The Morgan fingerprint density at radius 2 is 2.13 bits per heavy atom. The third kappa shape index (κ3) is 3.97. The van der Waals surface area contributed by atoms with E-state index in [4.69, 9.17) is 0 Å². The van der Waals surface area contributed by atoms with Crippen LogP contribution in [0.4, 0.5) is 14.5 Å². The number of anilines is 1. The lowest BCUT2D eigenvalue weighted by molar-refractivity contribution is -0.0493. The molecular weight excluding hydrogens is 200 g/mol. The maximum absolute atomic E-state index is 12.0. The van der Waals surface area contributed by atoms with Gasteiger partial charge in [-0.15, -0.1) is 6.58 Å². The van der Waals surface area contributed by atoms with Crippen molar-refractivity contribution < 1.29 is 13.5 Å². The molecule has 4 heteroatoms. The molecule has 0 atom stereocenters. The Morgan fingerprint density at radius 1 is 1.40 bits per heavy atom. The highest BCUT2D eigenvalue weighted by atomic mass is 19.3. The van der Waals surface area contributed by atoms with Crippen molar-refractivity contribution in [3.63, 3.8) is 0 Å². The zero-order valence-corrected chi connectivity index (χ0v) is 8.25. The van der Waals surface area contributed by atoms with Crippen molar-refractivity contribution in [3.8, 4) is 5.75 Å². The molecule has 0 spiro atoms. The van der Waals surface area contributed by atoms with Crippen molar-refractivity contribution in [1.82, 2.24) is 0 Å². The van der Waals surface area contributed by atoms with Gasteiger partial charge in [0.05, 0.1) is 5.69 Å². The molecule has 0 saturated heterocycles. The highest BCUT2D eigenvalue weighted by Gasteiger charge is 2.07. The Kier molecular flexibility index (Phi) is 4.60. The Bertz CT molecular complexity index is 315. The minimum absolute atomic E-state index is 0.163. The third-order valence-corrected chi connectivity index (χ3v) is 1.77. The van der Waals surface area contributed by atoms with Crippen LogP contribution in [0.5, 0.6) is 5.75 Å². The molecule has 0 fully saturated rings. The van der Waals surface area contributed by atoms with Crippen molar-refractivity contribution >= 4 is 5.69 Å². The lowest BCUT2D eigenvalue weighted by Crippen LogP contribution is -2.06. The third-order valence-electron chi connectivity index (χ3n) is 1.77. The van der Waals surface area contributed by atoms with Gasteiger partial charge in [0, 0.05) is 6.54 Å². The van der Waals surface area contributed by atoms with Crippen LogP contribution in [0.15, 0.2) is 36.9 Å². The molecule has 0 bridgehead atoms. The van der Waals surface area contributed by atoms with Crippen molar-refractivity contribution in [2.24, 2.45) is 0 Å². The number of para-hydroxylation sites is 2. The van der Waals surface area contributed by atoms with Crippen LogP contribution in [0.3, 0.4) is 0 Å². The molecule has 0 aromatic heterocycles. The molecule has 1 rings (SSSR count). The molecule has 0 aliphatic carbocycles. The summed E-state index contributed by atoms with van der Waals surface area (Å²) < 4.78 is 28.4. The predicted octanol–water partition coefficient (Wildman–Crippen LogP) is 3.28. The predicted molar refractivity (Wildman–Crippen MR) is 56.4 cm³/mol. The summed E-state index contributed by atoms with van der Waals surface area (Å²) in [6, 6.07) is 6.61. The lowest BCUT2D eigenvalue weighted by atomic mass is 10.3. The summed E-state index contributed by atoms with van der Waals surface area (Å²) in [6.07, 6.45) is 2.52. The molecule has 0 radical (unpaired) electrons. The molecule has 2 nitrogen and oxygen atoms in total. The standard InChI is InChI=1S/C11H13F2NO/c1-2-3-8-14-9-6-4-5-7-10(9)15-11(12)13/h2,4-7,11,14H,1,3,8H2. The van der Waals surface area contributed by atoms with E-state index in [9.17, 15) is 8.78 Å². The van der Waals surface area contributed by atoms with Gasteiger partial charge in [-0.1, -0.05) is 18.2 Å². The van der Waals surface area contributed by atoms with E-state index in [2.05, 4.69) is 16.6 Å². The summed E-state index contributed by atoms with van der Waals surface area (Å²) in [4.78, 5) is 0. The van der Waals surface area contributed by atoms with Gasteiger partial charge in [0.25, 0.3) is 0 Å². The smallest absolute Gasteiger partial charge is 0.387 e. The molecule has 82 valence electrons. The zero-order valence-electron chi connectivity index (χ0n) is 8.25. The van der Waals surface area contributed by atoms with Gasteiger partial charge in [0.2, 0.25) is 0 Å². The molecule has 15 heavy (non-hydrogen) atoms. The topological polar surface area (TPSA) is 21.3 Å². The fourth-order valence-corrected chi connectivity index (χ4v) is 1.12. The van der Waals surface area contributed by atoms with Gasteiger partial charge in [-0.2, -0.15) is 8.78 Å². The molecular formula is C11H13F2NO. The second kappa shape index (κ2) is 6.01. The van der Waals surface area contributed by atoms with E-state index in [0.717, 1.165) is 6.42 Å². The highest BCUT2D eigenvalue weighted by Crippen LogP contribution is 2.25. The maximum atomic E-state index is 12.0. The van der Waals surface area contributed by atoms with E-state index < -0.39 is 6.61 Å². The molecule has 0 heterocycles. The Hall–Kier alpha value is -1.58. The van der Waals surface area contributed by atoms with Gasteiger partial charge >= 0.3 is 6.61 Å². The Morgan fingerprint density at radius 3 is 2.80 bits per heavy atom. The lowest BCUT2D eigenvalue weighted by Gasteiger charge is -2.11. The van der Waals surface area contributed by atoms with Crippen LogP contribution in [0.2, 0.25) is 0 Å². The van der Waals surface area contributed by atoms with Gasteiger partial charge in [0.1, 0.15) is 5.75 Å². The number of rotatable bonds is 6. The maximum Gasteiger partial charge on any atom is 0.387 e. The normalized spacial score (nSPS) is 10.1. The van der Waals surface area contributed by atoms with Crippen molar-refractivity contribution in [3.05, 3.63) is 36.9 Å².